The lowest BCUT2D eigenvalue weighted by Gasteiger charge is -2.12. The minimum Gasteiger partial charge on any atom is -0.306 e. The normalized spacial score (nSPS) is 12.9. The Balaban J connectivity index is 2.03. The molecule has 0 aliphatic heterocycles. The van der Waals surface area contributed by atoms with Crippen LogP contribution < -0.4 is 5.32 Å². The predicted octanol–water partition coefficient (Wildman–Crippen LogP) is 1.61. The van der Waals surface area contributed by atoms with Crippen LogP contribution in [0.15, 0.2) is 12.4 Å². The topological polar surface area (TPSA) is 58.5 Å². The van der Waals surface area contributed by atoms with Crippen molar-refractivity contribution < 1.29 is 0 Å². The first-order chi connectivity index (χ1) is 8.09. The summed E-state index contributed by atoms with van der Waals surface area (Å²) in [5.74, 6) is 0. The zero-order chi connectivity index (χ0) is 12.4. The molecule has 0 spiro atoms. The van der Waals surface area contributed by atoms with E-state index in [9.17, 15) is 0 Å². The predicted molar refractivity (Wildman–Crippen MR) is 66.5 cm³/mol. The fourth-order valence-corrected chi connectivity index (χ4v) is 1.94. The Labute approximate surface area is 101 Å². The molecular formula is C12H19N5. The maximum absolute atomic E-state index is 4.41. The monoisotopic (exact) mass is 233 g/mol. The summed E-state index contributed by atoms with van der Waals surface area (Å²) in [6, 6.07) is 0.285. The molecule has 0 amide bonds. The zero-order valence-corrected chi connectivity index (χ0v) is 10.8. The van der Waals surface area contributed by atoms with E-state index in [1.165, 1.54) is 16.8 Å². The number of H-pyrrole nitrogens is 1. The molecule has 2 heterocycles. The Morgan fingerprint density at radius 2 is 2.24 bits per heavy atom. The molecule has 0 aliphatic carbocycles. The SMILES string of the molecule is Cc1nn(C)c(C)c1CNC(C)c1cn[nH]c1. The van der Waals surface area contributed by atoms with Crippen LogP contribution in [0.2, 0.25) is 0 Å². The maximum atomic E-state index is 4.41. The van der Waals surface area contributed by atoms with E-state index in [1.807, 2.05) is 31.0 Å². The van der Waals surface area contributed by atoms with Crippen molar-refractivity contribution in [3.8, 4) is 0 Å². The van der Waals surface area contributed by atoms with E-state index in [2.05, 4.69) is 34.5 Å². The van der Waals surface area contributed by atoms with Gasteiger partial charge in [-0.15, -0.1) is 0 Å². The fraction of sp³-hybridized carbons (Fsp3) is 0.500. The average molecular weight is 233 g/mol. The van der Waals surface area contributed by atoms with Gasteiger partial charge in [0.2, 0.25) is 0 Å². The molecule has 0 fully saturated rings. The fourth-order valence-electron chi connectivity index (χ4n) is 1.94. The first kappa shape index (κ1) is 11.9. The first-order valence-corrected chi connectivity index (χ1v) is 5.80. The molecule has 0 saturated carbocycles. The Hall–Kier alpha value is -1.62. The second kappa shape index (κ2) is 4.71. The molecule has 2 aromatic rings. The van der Waals surface area contributed by atoms with E-state index in [1.54, 1.807) is 0 Å². The largest absolute Gasteiger partial charge is 0.306 e. The smallest absolute Gasteiger partial charge is 0.0641 e. The van der Waals surface area contributed by atoms with Crippen molar-refractivity contribution in [1.29, 1.82) is 0 Å². The van der Waals surface area contributed by atoms with Crippen molar-refractivity contribution in [3.05, 3.63) is 34.9 Å². The highest BCUT2D eigenvalue weighted by Gasteiger charge is 2.11. The van der Waals surface area contributed by atoms with Crippen LogP contribution in [0.5, 0.6) is 0 Å². The summed E-state index contributed by atoms with van der Waals surface area (Å²) in [5, 5.41) is 14.7. The van der Waals surface area contributed by atoms with Gasteiger partial charge < -0.3 is 5.32 Å². The number of aromatic amines is 1. The molecule has 0 bridgehead atoms. The molecule has 0 aromatic carbocycles. The summed E-state index contributed by atoms with van der Waals surface area (Å²) in [4.78, 5) is 0. The van der Waals surface area contributed by atoms with Gasteiger partial charge in [-0.3, -0.25) is 9.78 Å². The van der Waals surface area contributed by atoms with Gasteiger partial charge in [0.15, 0.2) is 0 Å². The summed E-state index contributed by atoms with van der Waals surface area (Å²) in [7, 11) is 1.98. The molecule has 17 heavy (non-hydrogen) atoms. The average Bonchev–Trinajstić information content (AvgIpc) is 2.88. The molecule has 2 rings (SSSR count). The van der Waals surface area contributed by atoms with Gasteiger partial charge in [0.05, 0.1) is 11.9 Å². The number of hydrogen-bond acceptors (Lipinski definition) is 3. The van der Waals surface area contributed by atoms with Crippen molar-refractivity contribution in [2.45, 2.75) is 33.4 Å². The van der Waals surface area contributed by atoms with Gasteiger partial charge in [0.25, 0.3) is 0 Å². The molecule has 5 nitrogen and oxygen atoms in total. The number of aryl methyl sites for hydroxylation is 2. The molecule has 92 valence electrons. The quantitative estimate of drug-likeness (QED) is 0.843. The third kappa shape index (κ3) is 2.39. The summed E-state index contributed by atoms with van der Waals surface area (Å²) in [5.41, 5.74) is 4.76. The third-order valence-corrected chi connectivity index (χ3v) is 3.26. The van der Waals surface area contributed by atoms with Gasteiger partial charge in [-0.1, -0.05) is 0 Å². The van der Waals surface area contributed by atoms with Gasteiger partial charge in [0.1, 0.15) is 0 Å². The minimum atomic E-state index is 0.285. The molecule has 5 heteroatoms. The van der Waals surface area contributed by atoms with Gasteiger partial charge >= 0.3 is 0 Å². The van der Waals surface area contributed by atoms with Crippen LogP contribution in [-0.4, -0.2) is 20.0 Å². The Morgan fingerprint density at radius 1 is 1.47 bits per heavy atom. The van der Waals surface area contributed by atoms with Gasteiger partial charge in [0, 0.05) is 42.7 Å². The highest BCUT2D eigenvalue weighted by molar-refractivity contribution is 5.24. The summed E-state index contributed by atoms with van der Waals surface area (Å²) < 4.78 is 1.93. The van der Waals surface area contributed by atoms with Gasteiger partial charge in [-0.05, 0) is 20.8 Å². The van der Waals surface area contributed by atoms with Crippen LogP contribution in [0.4, 0.5) is 0 Å². The maximum Gasteiger partial charge on any atom is 0.0641 e. The highest BCUT2D eigenvalue weighted by atomic mass is 15.3. The second-order valence-electron chi connectivity index (χ2n) is 4.41. The number of rotatable bonds is 4. The van der Waals surface area contributed by atoms with Crippen LogP contribution in [-0.2, 0) is 13.6 Å². The molecule has 2 N–H and O–H groups in total. The van der Waals surface area contributed by atoms with Crippen molar-refractivity contribution >= 4 is 0 Å². The van der Waals surface area contributed by atoms with Crippen molar-refractivity contribution in [1.82, 2.24) is 25.3 Å². The lowest BCUT2D eigenvalue weighted by atomic mass is 10.1. The Kier molecular flexibility index (Phi) is 3.28. The molecule has 1 unspecified atom stereocenters. The van der Waals surface area contributed by atoms with Gasteiger partial charge in [-0.2, -0.15) is 10.2 Å². The van der Waals surface area contributed by atoms with Crippen molar-refractivity contribution in [2.24, 2.45) is 7.05 Å². The molecular weight excluding hydrogens is 214 g/mol. The van der Waals surface area contributed by atoms with Crippen molar-refractivity contribution in [3.63, 3.8) is 0 Å². The summed E-state index contributed by atoms with van der Waals surface area (Å²) in [6.07, 6.45) is 3.77. The zero-order valence-electron chi connectivity index (χ0n) is 10.8. The lowest BCUT2D eigenvalue weighted by Crippen LogP contribution is -2.18. The lowest BCUT2D eigenvalue weighted by molar-refractivity contribution is 0.572. The summed E-state index contributed by atoms with van der Waals surface area (Å²) >= 11 is 0. The van der Waals surface area contributed by atoms with Crippen LogP contribution in [0, 0.1) is 13.8 Å². The van der Waals surface area contributed by atoms with Crippen LogP contribution in [0.1, 0.15) is 35.5 Å². The Morgan fingerprint density at radius 3 is 2.76 bits per heavy atom. The number of hydrogen-bond donors (Lipinski definition) is 2. The molecule has 0 aliphatic rings. The molecule has 2 aromatic heterocycles. The standard InChI is InChI=1S/C12H19N5/c1-8(11-5-14-15-6-11)13-7-12-9(2)16-17(4)10(12)3/h5-6,8,13H,7H2,1-4H3,(H,14,15). The summed E-state index contributed by atoms with van der Waals surface area (Å²) in [6.45, 7) is 7.11. The van der Waals surface area contributed by atoms with Crippen LogP contribution in [0.3, 0.4) is 0 Å². The van der Waals surface area contributed by atoms with E-state index in [0.29, 0.717) is 0 Å². The van der Waals surface area contributed by atoms with E-state index in [-0.39, 0.29) is 6.04 Å². The minimum absolute atomic E-state index is 0.285. The van der Waals surface area contributed by atoms with Crippen molar-refractivity contribution in [2.75, 3.05) is 0 Å². The third-order valence-electron chi connectivity index (χ3n) is 3.26. The second-order valence-corrected chi connectivity index (χ2v) is 4.41. The molecule has 0 radical (unpaired) electrons. The number of nitrogens with zero attached hydrogens (tertiary/aromatic N) is 3. The van der Waals surface area contributed by atoms with Crippen LogP contribution in [0.25, 0.3) is 0 Å². The number of nitrogens with one attached hydrogen (secondary N) is 2. The van der Waals surface area contributed by atoms with E-state index < -0.39 is 0 Å². The molecule has 0 saturated heterocycles. The first-order valence-electron chi connectivity index (χ1n) is 5.80. The van der Waals surface area contributed by atoms with E-state index in [4.69, 9.17) is 0 Å². The van der Waals surface area contributed by atoms with E-state index in [0.717, 1.165) is 12.2 Å². The molecule has 1 atom stereocenters. The van der Waals surface area contributed by atoms with Gasteiger partial charge in [-0.25, -0.2) is 0 Å². The Bertz CT molecular complexity index is 483. The van der Waals surface area contributed by atoms with Crippen LogP contribution >= 0.6 is 0 Å². The highest BCUT2D eigenvalue weighted by Crippen LogP contribution is 2.14. The number of aromatic nitrogens is 4. The van der Waals surface area contributed by atoms with E-state index >= 15 is 0 Å².